The molecule has 4 amide bonds. The second kappa shape index (κ2) is 18.6. The number of rotatable bonds is 15. The Morgan fingerprint density at radius 3 is 2.48 bits per heavy atom. The van der Waals surface area contributed by atoms with Crippen molar-refractivity contribution in [2.45, 2.75) is 133 Å². The second-order valence-electron chi connectivity index (χ2n) is 20.6. The minimum Gasteiger partial charge on any atom is -0.492 e. The lowest BCUT2D eigenvalue weighted by Gasteiger charge is -2.46. The number of hydrogen-bond acceptors (Lipinski definition) is 14. The van der Waals surface area contributed by atoms with Crippen molar-refractivity contribution in [1.82, 2.24) is 29.7 Å². The van der Waals surface area contributed by atoms with Gasteiger partial charge in [0.25, 0.3) is 5.91 Å². The zero-order valence-corrected chi connectivity index (χ0v) is 42.0. The van der Waals surface area contributed by atoms with E-state index in [1.165, 1.54) is 27.2 Å². The van der Waals surface area contributed by atoms with E-state index in [0.29, 0.717) is 66.5 Å². The normalized spacial score (nSPS) is 30.3. The molecular weight excluding hydrogens is 922 g/mol. The number of piperazine rings is 1. The van der Waals surface area contributed by atoms with Crippen LogP contribution in [0.25, 0.3) is 0 Å². The molecule has 0 radical (unpaired) electrons. The molecule has 0 spiro atoms. The number of aliphatic imine (C=N–C) groups is 1. The van der Waals surface area contributed by atoms with Crippen LogP contribution in [-0.4, -0.2) is 150 Å². The number of aromatic nitrogens is 1. The van der Waals surface area contributed by atoms with Crippen LogP contribution in [0.4, 0.5) is 4.79 Å². The minimum absolute atomic E-state index is 0.0266. The van der Waals surface area contributed by atoms with E-state index in [1.807, 2.05) is 37.5 Å². The molecule has 8 atom stereocenters. The summed E-state index contributed by atoms with van der Waals surface area (Å²) >= 11 is 8.67. The SMILES string of the molecule is C=C[C@@H]1C[C@]1(NC(=O)[C@@H]1C[C@@H](OC2=CC(c3nc(C(C)C)cs3)=N[C@@H]3C(Cl)=C(OCCN4CCOCC4)C=CC23)[C@H]2CN(C(=O)OC(C)(C)C)[C@H](C(C)C)C(=O)N21)C(=O)NS(=O)(=O)C1(C)CC1. The number of halogens is 1. The first kappa shape index (κ1) is 49.1. The van der Waals surface area contributed by atoms with E-state index in [0.717, 1.165) is 18.8 Å². The second-order valence-corrected chi connectivity index (χ2v) is 24.0. The van der Waals surface area contributed by atoms with Gasteiger partial charge in [-0.2, -0.15) is 0 Å². The number of nitrogens with one attached hydrogen (secondary N) is 2. The van der Waals surface area contributed by atoms with Gasteiger partial charge in [-0.05, 0) is 64.9 Å². The number of carbonyl (C=O) groups excluding carboxylic acids is 4. The Morgan fingerprint density at radius 1 is 1.15 bits per heavy atom. The molecule has 366 valence electrons. The average Bonchev–Trinajstić information content (AvgIpc) is 4.07. The Hall–Kier alpha value is -4.30. The molecule has 5 heterocycles. The molecule has 1 unspecified atom stereocenters. The zero-order chi connectivity index (χ0) is 48.4. The van der Waals surface area contributed by atoms with Crippen molar-refractivity contribution in [2.75, 3.05) is 46.0 Å². The van der Waals surface area contributed by atoms with Crippen LogP contribution >= 0.6 is 22.9 Å². The first-order chi connectivity index (χ1) is 31.6. The minimum atomic E-state index is -4.04. The van der Waals surface area contributed by atoms with Gasteiger partial charge >= 0.3 is 6.09 Å². The molecule has 0 bridgehead atoms. The van der Waals surface area contributed by atoms with Crippen LogP contribution in [-0.2, 0) is 43.4 Å². The first-order valence-corrected chi connectivity index (χ1v) is 26.1. The summed E-state index contributed by atoms with van der Waals surface area (Å²) in [5.74, 6) is -2.31. The van der Waals surface area contributed by atoms with Gasteiger partial charge in [0, 0.05) is 50.0 Å². The number of dihydropyridines is 1. The third-order valence-corrected chi connectivity index (χ3v) is 17.3. The van der Waals surface area contributed by atoms with E-state index >= 15 is 0 Å². The Balaban J connectivity index is 1.12. The van der Waals surface area contributed by atoms with Gasteiger partial charge in [-0.3, -0.25) is 33.9 Å². The number of hydrogen-bond donors (Lipinski definition) is 2. The Kier molecular flexibility index (Phi) is 13.6. The van der Waals surface area contributed by atoms with Gasteiger partial charge in [0.05, 0.1) is 46.4 Å². The van der Waals surface area contributed by atoms with Gasteiger partial charge in [-0.1, -0.05) is 51.4 Å². The molecule has 20 heteroatoms. The zero-order valence-electron chi connectivity index (χ0n) is 39.6. The lowest BCUT2D eigenvalue weighted by molar-refractivity contribution is -0.153. The highest BCUT2D eigenvalue weighted by Crippen LogP contribution is 2.48. The molecule has 2 N–H and O–H groups in total. The summed E-state index contributed by atoms with van der Waals surface area (Å²) in [5, 5.41) is 5.93. The third-order valence-electron chi connectivity index (χ3n) is 13.8. The molecule has 3 aliphatic carbocycles. The summed E-state index contributed by atoms with van der Waals surface area (Å²) in [5.41, 5.74) is -1.02. The summed E-state index contributed by atoms with van der Waals surface area (Å²) in [6, 6.07) is -3.67. The monoisotopic (exact) mass is 985 g/mol. The lowest BCUT2D eigenvalue weighted by Crippen LogP contribution is -2.67. The number of allylic oxidation sites excluding steroid dienone is 2. The van der Waals surface area contributed by atoms with E-state index in [2.05, 4.69) is 35.4 Å². The van der Waals surface area contributed by atoms with Crippen molar-refractivity contribution in [3.63, 3.8) is 0 Å². The quantitative estimate of drug-likeness (QED) is 0.224. The predicted octanol–water partition coefficient (Wildman–Crippen LogP) is 5.00. The molecular formula is C47H64ClN7O10S2. The van der Waals surface area contributed by atoms with Crippen LogP contribution in [0.3, 0.4) is 0 Å². The van der Waals surface area contributed by atoms with Crippen molar-refractivity contribution >= 4 is 62.5 Å². The van der Waals surface area contributed by atoms with Crippen molar-refractivity contribution < 1.29 is 46.5 Å². The molecule has 4 aliphatic heterocycles. The topological polar surface area (TPSA) is 198 Å². The van der Waals surface area contributed by atoms with Crippen molar-refractivity contribution in [2.24, 2.45) is 22.7 Å². The molecule has 2 saturated carbocycles. The van der Waals surface area contributed by atoms with Gasteiger partial charge in [-0.25, -0.2) is 18.2 Å². The maximum absolute atomic E-state index is 15.0. The molecule has 1 aromatic rings. The van der Waals surface area contributed by atoms with Crippen LogP contribution < -0.4 is 10.0 Å². The van der Waals surface area contributed by atoms with E-state index in [-0.39, 0.29) is 31.2 Å². The van der Waals surface area contributed by atoms with Gasteiger partial charge in [-0.15, -0.1) is 17.9 Å². The molecule has 0 aromatic carbocycles. The molecule has 1 aromatic heterocycles. The van der Waals surface area contributed by atoms with Gasteiger partial charge in [0.2, 0.25) is 21.8 Å². The molecule has 8 rings (SSSR count). The van der Waals surface area contributed by atoms with Crippen molar-refractivity contribution in [1.29, 1.82) is 0 Å². The summed E-state index contributed by atoms with van der Waals surface area (Å²) < 4.78 is 52.3. The predicted molar refractivity (Wildman–Crippen MR) is 253 cm³/mol. The number of ether oxygens (including phenoxy) is 4. The molecule has 5 fully saturated rings. The average molecular weight is 987 g/mol. The third kappa shape index (κ3) is 9.81. The largest absolute Gasteiger partial charge is 0.492 e. The first-order valence-electron chi connectivity index (χ1n) is 23.3. The number of carbonyl (C=O) groups is 4. The Labute approximate surface area is 402 Å². The van der Waals surface area contributed by atoms with E-state index in [1.54, 1.807) is 27.7 Å². The van der Waals surface area contributed by atoms with E-state index < -0.39 is 91.8 Å². The fourth-order valence-electron chi connectivity index (χ4n) is 9.44. The number of fused-ring (bicyclic) bond motifs is 2. The number of amides is 4. The van der Waals surface area contributed by atoms with Gasteiger partial charge in [0.15, 0.2) is 0 Å². The maximum atomic E-state index is 15.0. The van der Waals surface area contributed by atoms with Crippen LogP contribution in [0, 0.1) is 17.8 Å². The van der Waals surface area contributed by atoms with Gasteiger partial charge in [0.1, 0.15) is 58.5 Å². The highest BCUT2D eigenvalue weighted by Gasteiger charge is 2.64. The fraction of sp³-hybridized carbons (Fsp3) is 0.660. The van der Waals surface area contributed by atoms with Gasteiger partial charge < -0.3 is 29.2 Å². The maximum Gasteiger partial charge on any atom is 0.411 e. The van der Waals surface area contributed by atoms with Crippen LogP contribution in [0.5, 0.6) is 0 Å². The Bertz CT molecular complexity index is 2400. The van der Waals surface area contributed by atoms with Crippen LogP contribution in [0.15, 0.2) is 57.8 Å². The molecule has 3 saturated heterocycles. The highest BCUT2D eigenvalue weighted by molar-refractivity contribution is 7.91. The summed E-state index contributed by atoms with van der Waals surface area (Å²) in [6.07, 6.45) is 6.47. The molecule has 17 nitrogen and oxygen atoms in total. The smallest absolute Gasteiger partial charge is 0.411 e. The summed E-state index contributed by atoms with van der Waals surface area (Å²) in [4.78, 5) is 72.9. The van der Waals surface area contributed by atoms with Crippen LogP contribution in [0.2, 0.25) is 0 Å². The number of morpholine rings is 1. The summed E-state index contributed by atoms with van der Waals surface area (Å²) in [6.45, 7) is 22.5. The number of nitrogens with zero attached hydrogens (tertiary/aromatic N) is 5. The summed E-state index contributed by atoms with van der Waals surface area (Å²) in [7, 11) is -4.04. The lowest BCUT2D eigenvalue weighted by atomic mass is 9.89. The van der Waals surface area contributed by atoms with E-state index in [4.69, 9.17) is 40.5 Å². The fourth-order valence-corrected chi connectivity index (χ4v) is 12.0. The van der Waals surface area contributed by atoms with Crippen molar-refractivity contribution in [3.8, 4) is 0 Å². The Morgan fingerprint density at radius 2 is 1.87 bits per heavy atom. The highest BCUT2D eigenvalue weighted by atomic mass is 35.5. The molecule has 7 aliphatic rings. The van der Waals surface area contributed by atoms with E-state index in [9.17, 15) is 27.6 Å². The standard InChI is InChI=1S/C47H64ClN7O10S2/c1-10-28-23-47(28,43(58)52-67(60,61)46(9)13-14-46)51-40(56)32-22-36(33-24-54(44(59)65-45(6,7)8)39(27(4)5)42(57)55(32)33)64-35-21-30(41-50-31(25-66-41)26(2)3)49-38-29(35)11-12-34(37(38)48)63-20-17-53-15-18-62-19-16-53/h10-12,21,25-29,32-33,36,38-39H,1,13-20,22-24H2,2-9H3,(H,51,56)(H,52,58)/t28-,29?,32+,33-,36-,38+,39-,47-/m1/s1. The van der Waals surface area contributed by atoms with Crippen LogP contribution in [0.1, 0.15) is 97.7 Å². The molecule has 67 heavy (non-hydrogen) atoms. The number of thiazole rings is 1. The van der Waals surface area contributed by atoms with Crippen molar-refractivity contribution in [3.05, 3.63) is 63.5 Å². The number of sulfonamides is 1.